The third-order valence-electron chi connectivity index (χ3n) is 5.68. The van der Waals surface area contributed by atoms with Gasteiger partial charge in [-0.05, 0) is 24.6 Å². The van der Waals surface area contributed by atoms with E-state index in [2.05, 4.69) is 46.5 Å². The number of rotatable bonds is 5. The van der Waals surface area contributed by atoms with Crippen LogP contribution in [0.5, 0.6) is 0 Å². The SMILES string of the molecule is Cc1ccc(-c2csc3ncnc(SCC(=O)N4CCN(C(=O)c5ccco5)CC4)c23)cc1. The first kappa shape index (κ1) is 21.7. The largest absolute Gasteiger partial charge is 0.459 e. The number of hydrogen-bond acceptors (Lipinski definition) is 7. The molecule has 0 aliphatic carbocycles. The van der Waals surface area contributed by atoms with Crippen molar-refractivity contribution >= 4 is 45.1 Å². The highest BCUT2D eigenvalue weighted by atomic mass is 32.2. The molecule has 1 aromatic carbocycles. The van der Waals surface area contributed by atoms with Gasteiger partial charge in [0.2, 0.25) is 5.91 Å². The molecule has 3 aromatic heterocycles. The van der Waals surface area contributed by atoms with Crippen molar-refractivity contribution < 1.29 is 14.0 Å². The van der Waals surface area contributed by atoms with E-state index in [1.807, 2.05) is 4.90 Å². The third kappa shape index (κ3) is 4.51. The average molecular weight is 479 g/mol. The Balaban J connectivity index is 1.25. The molecule has 0 atom stereocenters. The van der Waals surface area contributed by atoms with E-state index in [9.17, 15) is 9.59 Å². The standard InChI is InChI=1S/C24H22N4O3S2/c1-16-4-6-17(7-5-16)18-13-32-22-21(18)23(26-15-25-22)33-14-20(29)27-8-10-28(11-9-27)24(30)19-3-2-12-31-19/h2-7,12-13,15H,8-11,14H2,1H3. The van der Waals surface area contributed by atoms with Crippen LogP contribution in [0.2, 0.25) is 0 Å². The second-order valence-electron chi connectivity index (χ2n) is 7.81. The van der Waals surface area contributed by atoms with Crippen molar-refractivity contribution in [3.63, 3.8) is 0 Å². The zero-order chi connectivity index (χ0) is 22.8. The lowest BCUT2D eigenvalue weighted by Crippen LogP contribution is -2.51. The number of aryl methyl sites for hydroxylation is 1. The molecule has 5 rings (SSSR count). The minimum absolute atomic E-state index is 0.0453. The number of piperazine rings is 1. The molecule has 1 fully saturated rings. The van der Waals surface area contributed by atoms with Crippen LogP contribution in [0.15, 0.2) is 63.8 Å². The first-order valence-electron chi connectivity index (χ1n) is 10.6. The van der Waals surface area contributed by atoms with Crippen molar-refractivity contribution in [2.75, 3.05) is 31.9 Å². The molecule has 33 heavy (non-hydrogen) atoms. The number of hydrogen-bond donors (Lipinski definition) is 0. The summed E-state index contributed by atoms with van der Waals surface area (Å²) in [5.74, 6) is 0.537. The Kier molecular flexibility index (Phi) is 6.15. The number of amides is 2. The Morgan fingerprint density at radius 2 is 1.82 bits per heavy atom. The summed E-state index contributed by atoms with van der Waals surface area (Å²) in [5.41, 5.74) is 3.42. The lowest BCUT2D eigenvalue weighted by Gasteiger charge is -2.34. The molecule has 7 nitrogen and oxygen atoms in total. The number of thioether (sulfide) groups is 1. The molecule has 0 radical (unpaired) electrons. The molecule has 0 spiro atoms. The fraction of sp³-hybridized carbons (Fsp3) is 0.250. The summed E-state index contributed by atoms with van der Waals surface area (Å²) in [5, 5.41) is 3.92. The zero-order valence-electron chi connectivity index (χ0n) is 18.1. The molecule has 2 amide bonds. The van der Waals surface area contributed by atoms with Crippen LogP contribution in [0.4, 0.5) is 0 Å². The number of nitrogens with zero attached hydrogens (tertiary/aromatic N) is 4. The molecule has 0 saturated carbocycles. The molecule has 1 saturated heterocycles. The first-order valence-corrected chi connectivity index (χ1v) is 12.5. The molecular formula is C24H22N4O3S2. The van der Waals surface area contributed by atoms with E-state index in [1.54, 1.807) is 34.7 Å². The summed E-state index contributed by atoms with van der Waals surface area (Å²) in [6.07, 6.45) is 3.05. The second-order valence-corrected chi connectivity index (χ2v) is 9.64. The van der Waals surface area contributed by atoms with Crippen LogP contribution >= 0.6 is 23.1 Å². The van der Waals surface area contributed by atoms with E-state index in [0.717, 1.165) is 26.4 Å². The Hall–Kier alpha value is -3.17. The van der Waals surface area contributed by atoms with Crippen LogP contribution < -0.4 is 0 Å². The quantitative estimate of drug-likeness (QED) is 0.314. The molecule has 4 heterocycles. The van der Waals surface area contributed by atoms with Crippen LogP contribution in [0.25, 0.3) is 21.3 Å². The number of benzene rings is 1. The van der Waals surface area contributed by atoms with Crippen molar-refractivity contribution in [1.29, 1.82) is 0 Å². The smallest absolute Gasteiger partial charge is 0.289 e. The van der Waals surface area contributed by atoms with Gasteiger partial charge >= 0.3 is 0 Å². The lowest BCUT2D eigenvalue weighted by atomic mass is 10.1. The Morgan fingerprint density at radius 3 is 2.55 bits per heavy atom. The number of thiophene rings is 1. The van der Waals surface area contributed by atoms with Crippen molar-refractivity contribution in [2.45, 2.75) is 11.9 Å². The monoisotopic (exact) mass is 478 g/mol. The molecule has 0 N–H and O–H groups in total. The van der Waals surface area contributed by atoms with Crippen LogP contribution in [-0.4, -0.2) is 63.5 Å². The Bertz CT molecular complexity index is 1280. The van der Waals surface area contributed by atoms with Crippen molar-refractivity contribution in [3.05, 3.63) is 65.7 Å². The van der Waals surface area contributed by atoms with E-state index in [1.165, 1.54) is 23.6 Å². The predicted molar refractivity (Wildman–Crippen MR) is 130 cm³/mol. The topological polar surface area (TPSA) is 79.5 Å². The fourth-order valence-corrected chi connectivity index (χ4v) is 5.74. The summed E-state index contributed by atoms with van der Waals surface area (Å²) in [4.78, 5) is 38.7. The highest BCUT2D eigenvalue weighted by Gasteiger charge is 2.26. The molecule has 0 bridgehead atoms. The Morgan fingerprint density at radius 1 is 1.06 bits per heavy atom. The number of fused-ring (bicyclic) bond motifs is 1. The van der Waals surface area contributed by atoms with E-state index in [0.29, 0.717) is 37.7 Å². The van der Waals surface area contributed by atoms with E-state index in [-0.39, 0.29) is 11.8 Å². The van der Waals surface area contributed by atoms with Gasteiger partial charge in [0, 0.05) is 37.1 Å². The van der Waals surface area contributed by atoms with Crippen molar-refractivity contribution in [2.24, 2.45) is 0 Å². The van der Waals surface area contributed by atoms with E-state index in [4.69, 9.17) is 4.42 Å². The molecule has 168 valence electrons. The molecular weight excluding hydrogens is 456 g/mol. The van der Waals surface area contributed by atoms with Gasteiger partial charge < -0.3 is 14.2 Å². The summed E-state index contributed by atoms with van der Waals surface area (Å²) in [7, 11) is 0. The third-order valence-corrected chi connectivity index (χ3v) is 7.54. The number of carbonyl (C=O) groups excluding carboxylic acids is 2. The second kappa shape index (κ2) is 9.36. The summed E-state index contributed by atoms with van der Waals surface area (Å²) in [6.45, 7) is 4.08. The maximum absolute atomic E-state index is 12.9. The average Bonchev–Trinajstić information content (AvgIpc) is 3.53. The van der Waals surface area contributed by atoms with Gasteiger partial charge in [0.05, 0.1) is 17.4 Å². The minimum Gasteiger partial charge on any atom is -0.459 e. The summed E-state index contributed by atoms with van der Waals surface area (Å²) in [6, 6.07) is 11.8. The van der Waals surface area contributed by atoms with Crippen LogP contribution in [0.3, 0.4) is 0 Å². The molecule has 4 aromatic rings. The van der Waals surface area contributed by atoms with Gasteiger partial charge in [-0.2, -0.15) is 0 Å². The van der Waals surface area contributed by atoms with Crippen LogP contribution in [0.1, 0.15) is 16.1 Å². The van der Waals surface area contributed by atoms with Gasteiger partial charge in [0.1, 0.15) is 16.2 Å². The van der Waals surface area contributed by atoms with Gasteiger partial charge in [-0.3, -0.25) is 9.59 Å². The van der Waals surface area contributed by atoms with Crippen molar-refractivity contribution in [3.8, 4) is 11.1 Å². The Labute approximate surface area is 199 Å². The zero-order valence-corrected chi connectivity index (χ0v) is 19.7. The van der Waals surface area contributed by atoms with Gasteiger partial charge in [-0.15, -0.1) is 11.3 Å². The molecule has 1 aliphatic heterocycles. The molecule has 1 aliphatic rings. The lowest BCUT2D eigenvalue weighted by molar-refractivity contribution is -0.129. The first-order chi connectivity index (χ1) is 16.1. The van der Waals surface area contributed by atoms with E-state index < -0.39 is 0 Å². The maximum atomic E-state index is 12.9. The molecule has 9 heteroatoms. The van der Waals surface area contributed by atoms with Crippen LogP contribution in [0, 0.1) is 6.92 Å². The van der Waals surface area contributed by atoms with Gasteiger partial charge in [-0.25, -0.2) is 9.97 Å². The van der Waals surface area contributed by atoms with E-state index >= 15 is 0 Å². The van der Waals surface area contributed by atoms with Gasteiger partial charge in [0.15, 0.2) is 5.76 Å². The highest BCUT2D eigenvalue weighted by molar-refractivity contribution is 8.00. The number of carbonyl (C=O) groups is 2. The summed E-state index contributed by atoms with van der Waals surface area (Å²) < 4.78 is 5.20. The summed E-state index contributed by atoms with van der Waals surface area (Å²) >= 11 is 3.03. The van der Waals surface area contributed by atoms with Gasteiger partial charge in [0.25, 0.3) is 5.91 Å². The predicted octanol–water partition coefficient (Wildman–Crippen LogP) is 4.34. The number of furan rings is 1. The molecule has 0 unspecified atom stereocenters. The maximum Gasteiger partial charge on any atom is 0.289 e. The number of aromatic nitrogens is 2. The minimum atomic E-state index is -0.133. The fourth-order valence-electron chi connectivity index (χ4n) is 3.84. The normalized spacial score (nSPS) is 14.1. The highest BCUT2D eigenvalue weighted by Crippen LogP contribution is 2.38. The van der Waals surface area contributed by atoms with Gasteiger partial charge in [-0.1, -0.05) is 41.6 Å². The van der Waals surface area contributed by atoms with Crippen LogP contribution in [-0.2, 0) is 4.79 Å². The van der Waals surface area contributed by atoms with Crippen molar-refractivity contribution in [1.82, 2.24) is 19.8 Å².